The van der Waals surface area contributed by atoms with Crippen molar-refractivity contribution in [2.24, 2.45) is 0 Å². The summed E-state index contributed by atoms with van der Waals surface area (Å²) >= 11 is 0. The molecule has 2 rings (SSSR count). The van der Waals surface area contributed by atoms with E-state index >= 15 is 0 Å². The molecular formula is C14H16N2O4. The summed E-state index contributed by atoms with van der Waals surface area (Å²) in [6, 6.07) is 14.7. The van der Waals surface area contributed by atoms with Crippen molar-refractivity contribution in [2.75, 3.05) is 0 Å². The lowest BCUT2D eigenvalue weighted by molar-refractivity contribution is -1.13. The lowest BCUT2D eigenvalue weighted by Crippen LogP contribution is -3.14. The Hall–Kier alpha value is -1.80. The monoisotopic (exact) mass is 276 g/mol. The molecule has 2 unspecified atom stereocenters. The van der Waals surface area contributed by atoms with Crippen LogP contribution in [0.4, 0.5) is 0 Å². The summed E-state index contributed by atoms with van der Waals surface area (Å²) in [7, 11) is 0. The van der Waals surface area contributed by atoms with Gasteiger partial charge in [-0.05, 0) is 0 Å². The van der Waals surface area contributed by atoms with Crippen LogP contribution in [0.15, 0.2) is 60.7 Å². The average molecular weight is 276 g/mol. The number of rotatable bonds is 5. The van der Waals surface area contributed by atoms with Crippen LogP contribution < -0.4 is 10.5 Å². The summed E-state index contributed by atoms with van der Waals surface area (Å²) in [5.74, 6) is 0. The van der Waals surface area contributed by atoms with Crippen LogP contribution in [-0.2, 0) is 0 Å². The molecule has 2 aromatic carbocycles. The molecule has 6 nitrogen and oxygen atoms in total. The van der Waals surface area contributed by atoms with Crippen molar-refractivity contribution in [3.63, 3.8) is 0 Å². The van der Waals surface area contributed by atoms with E-state index < -0.39 is 22.5 Å². The number of benzene rings is 2. The third kappa shape index (κ3) is 3.20. The van der Waals surface area contributed by atoms with Gasteiger partial charge in [0.15, 0.2) is 0 Å². The van der Waals surface area contributed by atoms with Gasteiger partial charge in [0, 0.05) is 11.1 Å². The molecule has 0 heterocycles. The second-order valence-corrected chi connectivity index (χ2v) is 4.45. The first-order chi connectivity index (χ1) is 9.61. The minimum Gasteiger partial charge on any atom is -0.599 e. The van der Waals surface area contributed by atoms with Crippen molar-refractivity contribution >= 4 is 0 Å². The zero-order chi connectivity index (χ0) is 14.5. The first-order valence-electron chi connectivity index (χ1n) is 6.16. The van der Waals surface area contributed by atoms with Crippen LogP contribution in [0.2, 0.25) is 0 Å². The summed E-state index contributed by atoms with van der Waals surface area (Å²) in [5, 5.41) is 39.7. The minimum atomic E-state index is -1.15. The van der Waals surface area contributed by atoms with Gasteiger partial charge in [-0.3, -0.25) is 0 Å². The molecule has 20 heavy (non-hydrogen) atoms. The zero-order valence-electron chi connectivity index (χ0n) is 10.6. The first-order valence-corrected chi connectivity index (χ1v) is 6.16. The molecule has 0 aliphatic heterocycles. The number of quaternary nitrogens is 2. The molecule has 0 saturated carbocycles. The molecule has 0 aromatic heterocycles. The highest BCUT2D eigenvalue weighted by atomic mass is 16.8. The van der Waals surface area contributed by atoms with Crippen molar-refractivity contribution in [1.29, 1.82) is 0 Å². The second-order valence-electron chi connectivity index (χ2n) is 4.45. The van der Waals surface area contributed by atoms with E-state index in [-0.39, 0.29) is 0 Å². The van der Waals surface area contributed by atoms with Crippen LogP contribution in [0, 0.1) is 10.4 Å². The molecule has 0 fully saturated rings. The number of nitrogens with one attached hydrogen (secondary N) is 2. The third-order valence-electron chi connectivity index (χ3n) is 3.18. The highest BCUT2D eigenvalue weighted by Crippen LogP contribution is 2.23. The topological polar surface area (TPSA) is 95.5 Å². The van der Waals surface area contributed by atoms with Crippen molar-refractivity contribution in [1.82, 2.24) is 0 Å². The Labute approximate surface area is 116 Å². The van der Waals surface area contributed by atoms with Crippen molar-refractivity contribution in [2.45, 2.75) is 12.1 Å². The predicted molar refractivity (Wildman–Crippen MR) is 70.6 cm³/mol. The molecule has 0 saturated heterocycles. The first kappa shape index (κ1) is 14.6. The summed E-state index contributed by atoms with van der Waals surface area (Å²) in [5.41, 5.74) is 0.965. The maximum Gasteiger partial charge on any atom is 0.202 e. The fraction of sp³-hybridized carbons (Fsp3) is 0.143. The molecule has 6 heteroatoms. The van der Waals surface area contributed by atoms with Gasteiger partial charge in [-0.2, -0.15) is 0 Å². The molecule has 0 spiro atoms. The smallest absolute Gasteiger partial charge is 0.202 e. The van der Waals surface area contributed by atoms with Crippen molar-refractivity contribution < 1.29 is 20.9 Å². The Bertz CT molecular complexity index is 470. The molecule has 106 valence electrons. The Kier molecular flexibility index (Phi) is 4.80. The van der Waals surface area contributed by atoms with E-state index in [0.717, 1.165) is 0 Å². The van der Waals surface area contributed by atoms with Crippen LogP contribution >= 0.6 is 0 Å². The largest absolute Gasteiger partial charge is 0.599 e. The average Bonchev–Trinajstić information content (AvgIpc) is 2.45. The van der Waals surface area contributed by atoms with Gasteiger partial charge in [0.1, 0.15) is 0 Å². The van der Waals surface area contributed by atoms with Gasteiger partial charge < -0.3 is 10.4 Å². The Morgan fingerprint density at radius 3 is 1.20 bits per heavy atom. The third-order valence-corrected chi connectivity index (χ3v) is 3.18. The van der Waals surface area contributed by atoms with Crippen molar-refractivity contribution in [3.05, 3.63) is 82.2 Å². The van der Waals surface area contributed by atoms with Crippen LogP contribution in [0.1, 0.15) is 23.2 Å². The Morgan fingerprint density at radius 1 is 0.650 bits per heavy atom. The lowest BCUT2D eigenvalue weighted by Gasteiger charge is -2.33. The van der Waals surface area contributed by atoms with Gasteiger partial charge in [0.25, 0.3) is 0 Å². The quantitative estimate of drug-likeness (QED) is 0.579. The number of hydrogen-bond donors (Lipinski definition) is 4. The van der Waals surface area contributed by atoms with E-state index in [4.69, 9.17) is 0 Å². The van der Waals surface area contributed by atoms with Gasteiger partial charge in [0.2, 0.25) is 12.1 Å². The molecule has 0 radical (unpaired) electrons. The summed E-state index contributed by atoms with van der Waals surface area (Å²) in [6.07, 6.45) is 0. The van der Waals surface area contributed by atoms with E-state index in [1.54, 1.807) is 60.7 Å². The minimum absolute atomic E-state index is 0.483. The predicted octanol–water partition coefficient (Wildman–Crippen LogP) is 0.0128. The van der Waals surface area contributed by atoms with Crippen LogP contribution in [-0.4, -0.2) is 10.4 Å². The summed E-state index contributed by atoms with van der Waals surface area (Å²) in [6.45, 7) is 0. The van der Waals surface area contributed by atoms with Gasteiger partial charge in [0.05, 0.1) is 0 Å². The standard InChI is InChI=1S/C14H16N2O4/c17-15(18)13(11-7-3-1-4-8-11)14(16(19)20)12-9-5-2-6-10-12/h1-10,13-17,19H/t13-,14-/m1/s1. The molecule has 0 aliphatic rings. The molecule has 4 N–H and O–H groups in total. The van der Waals surface area contributed by atoms with E-state index in [0.29, 0.717) is 11.1 Å². The SMILES string of the molecule is [O-][NH+](O)[C@H](c1ccccc1)[C@@H](c1ccccc1)[NH+]([O-])O. The van der Waals surface area contributed by atoms with Gasteiger partial charge >= 0.3 is 0 Å². The van der Waals surface area contributed by atoms with Crippen LogP contribution in [0.25, 0.3) is 0 Å². The molecule has 0 aliphatic carbocycles. The van der Waals surface area contributed by atoms with Crippen molar-refractivity contribution in [3.8, 4) is 0 Å². The van der Waals surface area contributed by atoms with Crippen LogP contribution in [0.5, 0.6) is 0 Å². The van der Waals surface area contributed by atoms with Crippen LogP contribution in [0.3, 0.4) is 0 Å². The summed E-state index contributed by atoms with van der Waals surface area (Å²) in [4.78, 5) is 0. The molecule has 2 aromatic rings. The Morgan fingerprint density at radius 2 is 0.950 bits per heavy atom. The maximum absolute atomic E-state index is 11.6. The number of hydroxylamine groups is 4. The van der Waals surface area contributed by atoms with E-state index in [1.165, 1.54) is 0 Å². The van der Waals surface area contributed by atoms with Gasteiger partial charge in [-0.1, -0.05) is 60.7 Å². The highest BCUT2D eigenvalue weighted by molar-refractivity contribution is 5.24. The maximum atomic E-state index is 11.6. The van der Waals surface area contributed by atoms with Gasteiger partial charge in [-0.15, -0.1) is 0 Å². The lowest BCUT2D eigenvalue weighted by atomic mass is 9.94. The molecule has 0 amide bonds. The Balaban J connectivity index is 2.44. The zero-order valence-corrected chi connectivity index (χ0v) is 10.6. The summed E-state index contributed by atoms with van der Waals surface area (Å²) < 4.78 is 0. The van der Waals surface area contributed by atoms with E-state index in [2.05, 4.69) is 0 Å². The fourth-order valence-electron chi connectivity index (χ4n) is 2.28. The van der Waals surface area contributed by atoms with E-state index in [1.807, 2.05) is 0 Å². The van der Waals surface area contributed by atoms with E-state index in [9.17, 15) is 20.8 Å². The normalized spacial score (nSPS) is 17.2. The highest BCUT2D eigenvalue weighted by Gasteiger charge is 2.35. The molecule has 4 atom stereocenters. The van der Waals surface area contributed by atoms with Gasteiger partial charge in [-0.25, -0.2) is 20.9 Å². The molecule has 0 bridgehead atoms. The fourth-order valence-corrected chi connectivity index (χ4v) is 2.28. The number of hydrogen-bond acceptors (Lipinski definition) is 4. The second kappa shape index (κ2) is 6.58. The molecular weight excluding hydrogens is 260 g/mol.